The molecule has 0 spiro atoms. The van der Waals surface area contributed by atoms with Crippen LogP contribution in [0.15, 0.2) is 54.6 Å². The number of hydrogen-bond donors (Lipinski definition) is 0. The van der Waals surface area contributed by atoms with Crippen LogP contribution in [0.1, 0.15) is 39.1 Å². The molecule has 4 rings (SSSR count). The summed E-state index contributed by atoms with van der Waals surface area (Å²) in [6.07, 6.45) is 0.560. The highest BCUT2D eigenvalue weighted by molar-refractivity contribution is 6.20. The van der Waals surface area contributed by atoms with Gasteiger partial charge in [0.1, 0.15) is 6.61 Å². The number of rotatable bonds is 4. The Bertz CT molecular complexity index is 955. The van der Waals surface area contributed by atoms with E-state index in [2.05, 4.69) is 0 Å². The fraction of sp³-hybridized carbons (Fsp3) is 0.273. The average molecular weight is 408 g/mol. The number of benzene rings is 2. The molecule has 154 valence electrons. The molecule has 8 heteroatoms. The topological polar surface area (TPSA) is 93.2 Å². The van der Waals surface area contributed by atoms with Crippen LogP contribution in [0.5, 0.6) is 0 Å². The van der Waals surface area contributed by atoms with E-state index in [0.717, 1.165) is 5.56 Å². The summed E-state index contributed by atoms with van der Waals surface area (Å²) in [5.41, 5.74) is 1.26. The highest BCUT2D eigenvalue weighted by atomic mass is 16.7. The Morgan fingerprint density at radius 3 is 2.23 bits per heavy atom. The fourth-order valence-electron chi connectivity index (χ4n) is 3.56. The molecule has 8 nitrogen and oxygen atoms in total. The number of amides is 3. The van der Waals surface area contributed by atoms with Crippen molar-refractivity contribution in [1.82, 2.24) is 9.96 Å². The van der Waals surface area contributed by atoms with Crippen molar-refractivity contribution in [2.45, 2.75) is 19.4 Å². The quantitative estimate of drug-likeness (QED) is 0.723. The number of hydroxylamine groups is 2. The second-order valence-electron chi connectivity index (χ2n) is 7.19. The maximum atomic E-state index is 12.6. The van der Waals surface area contributed by atoms with Crippen molar-refractivity contribution in [3.05, 3.63) is 71.3 Å². The van der Waals surface area contributed by atoms with Crippen molar-refractivity contribution < 1.29 is 28.8 Å². The zero-order valence-corrected chi connectivity index (χ0v) is 16.2. The molecule has 1 saturated heterocycles. The average Bonchev–Trinajstić information content (AvgIpc) is 3.03. The number of ether oxygens (including phenoxy) is 1. The molecule has 30 heavy (non-hydrogen) atoms. The van der Waals surface area contributed by atoms with Gasteiger partial charge in [0.05, 0.1) is 17.0 Å². The zero-order valence-electron chi connectivity index (χ0n) is 16.2. The molecule has 3 amide bonds. The lowest BCUT2D eigenvalue weighted by atomic mass is 9.99. The van der Waals surface area contributed by atoms with Crippen LogP contribution in [0.3, 0.4) is 0 Å². The first-order valence-electron chi connectivity index (χ1n) is 9.70. The van der Waals surface area contributed by atoms with Gasteiger partial charge in [-0.25, -0.2) is 9.59 Å². The number of fused-ring (bicyclic) bond motifs is 1. The highest BCUT2D eigenvalue weighted by Gasteiger charge is 2.40. The van der Waals surface area contributed by atoms with Gasteiger partial charge in [-0.2, -0.15) is 0 Å². The van der Waals surface area contributed by atoms with Crippen LogP contribution in [-0.2, 0) is 21.0 Å². The molecule has 0 N–H and O–H groups in total. The molecule has 0 saturated carbocycles. The number of piperidine rings is 1. The third-order valence-corrected chi connectivity index (χ3v) is 5.16. The Morgan fingerprint density at radius 1 is 0.933 bits per heavy atom. The smallest absolute Gasteiger partial charge is 0.410 e. The van der Waals surface area contributed by atoms with Gasteiger partial charge in [-0.3, -0.25) is 9.59 Å². The highest BCUT2D eigenvalue weighted by Crippen LogP contribution is 2.25. The van der Waals surface area contributed by atoms with E-state index in [9.17, 15) is 19.2 Å². The largest absolute Gasteiger partial charge is 0.445 e. The molecule has 1 atom stereocenters. The minimum Gasteiger partial charge on any atom is -0.445 e. The second-order valence-corrected chi connectivity index (χ2v) is 7.19. The summed E-state index contributed by atoms with van der Waals surface area (Å²) in [6, 6.07) is 15.6. The lowest BCUT2D eigenvalue weighted by Gasteiger charge is -2.31. The van der Waals surface area contributed by atoms with Gasteiger partial charge in [-0.15, -0.1) is 0 Å². The van der Waals surface area contributed by atoms with Crippen LogP contribution in [-0.4, -0.2) is 46.9 Å². The van der Waals surface area contributed by atoms with E-state index in [4.69, 9.17) is 9.57 Å². The van der Waals surface area contributed by atoms with Gasteiger partial charge >= 0.3 is 12.1 Å². The third kappa shape index (κ3) is 3.89. The molecule has 2 aromatic rings. The second kappa shape index (κ2) is 8.36. The Labute approximate surface area is 172 Å². The van der Waals surface area contributed by atoms with Crippen LogP contribution in [0.4, 0.5) is 4.79 Å². The molecule has 2 aliphatic heterocycles. The van der Waals surface area contributed by atoms with Crippen molar-refractivity contribution in [3.8, 4) is 0 Å². The number of hydrogen-bond acceptors (Lipinski definition) is 6. The first-order valence-corrected chi connectivity index (χ1v) is 9.70. The third-order valence-electron chi connectivity index (χ3n) is 5.16. The number of carbonyl (C=O) groups excluding carboxylic acids is 4. The Balaban J connectivity index is 1.34. The van der Waals surface area contributed by atoms with Crippen molar-refractivity contribution >= 4 is 23.9 Å². The molecule has 2 aromatic carbocycles. The molecule has 2 aliphatic rings. The molecule has 0 aromatic heterocycles. The lowest BCUT2D eigenvalue weighted by molar-refractivity contribution is -0.175. The van der Waals surface area contributed by atoms with Gasteiger partial charge in [0.25, 0.3) is 11.8 Å². The summed E-state index contributed by atoms with van der Waals surface area (Å²) in [5.74, 6) is -2.70. The Hall–Kier alpha value is -3.68. The minimum atomic E-state index is -0.718. The maximum Gasteiger partial charge on any atom is 0.410 e. The van der Waals surface area contributed by atoms with Gasteiger partial charge < -0.3 is 14.5 Å². The molecule has 0 radical (unpaired) electrons. The van der Waals surface area contributed by atoms with Crippen LogP contribution < -0.4 is 0 Å². The Morgan fingerprint density at radius 2 is 1.57 bits per heavy atom. The molecule has 0 bridgehead atoms. The minimum absolute atomic E-state index is 0.107. The number of imide groups is 1. The van der Waals surface area contributed by atoms with Crippen molar-refractivity contribution in [2.24, 2.45) is 5.92 Å². The summed E-state index contributed by atoms with van der Waals surface area (Å²) in [5, 5.41) is 0.500. The molecule has 1 fully saturated rings. The van der Waals surface area contributed by atoms with Crippen LogP contribution in [0.2, 0.25) is 0 Å². The van der Waals surface area contributed by atoms with Gasteiger partial charge in [0.15, 0.2) is 0 Å². The molecular formula is C22H20N2O6. The monoisotopic (exact) mass is 408 g/mol. The number of carbonyl (C=O) groups is 4. The number of nitrogens with zero attached hydrogens (tertiary/aromatic N) is 2. The predicted octanol–water partition coefficient (Wildman–Crippen LogP) is 2.79. The summed E-state index contributed by atoms with van der Waals surface area (Å²) in [6.45, 7) is 0.709. The standard InChI is InChI=1S/C22H20N2O6/c25-19-17-10-4-5-11-18(17)20(26)24(19)30-21(27)16-9-6-12-23(13-16)22(28)29-14-15-7-2-1-3-8-15/h1-5,7-8,10-11,16H,6,9,12-14H2. The van der Waals surface area contributed by atoms with E-state index < -0.39 is 29.8 Å². The van der Waals surface area contributed by atoms with Crippen molar-refractivity contribution in [1.29, 1.82) is 0 Å². The first-order chi connectivity index (χ1) is 14.5. The summed E-state index contributed by atoms with van der Waals surface area (Å²) in [7, 11) is 0. The predicted molar refractivity (Wildman–Crippen MR) is 104 cm³/mol. The van der Waals surface area contributed by atoms with Crippen LogP contribution in [0, 0.1) is 5.92 Å². The van der Waals surface area contributed by atoms with E-state index >= 15 is 0 Å². The molecule has 2 heterocycles. The molecule has 0 aliphatic carbocycles. The van der Waals surface area contributed by atoms with E-state index in [-0.39, 0.29) is 24.3 Å². The van der Waals surface area contributed by atoms with Crippen molar-refractivity contribution in [3.63, 3.8) is 0 Å². The van der Waals surface area contributed by atoms with E-state index in [1.54, 1.807) is 12.1 Å². The van der Waals surface area contributed by atoms with Gasteiger partial charge in [0.2, 0.25) is 0 Å². The van der Waals surface area contributed by atoms with Gasteiger partial charge in [-0.05, 0) is 30.5 Å². The Kier molecular flexibility index (Phi) is 5.47. The lowest BCUT2D eigenvalue weighted by Crippen LogP contribution is -2.45. The zero-order chi connectivity index (χ0) is 21.1. The maximum absolute atomic E-state index is 12.6. The summed E-state index contributed by atoms with van der Waals surface area (Å²) in [4.78, 5) is 56.3. The molecular weight excluding hydrogens is 388 g/mol. The van der Waals surface area contributed by atoms with Crippen LogP contribution in [0.25, 0.3) is 0 Å². The van der Waals surface area contributed by atoms with E-state index in [1.165, 1.54) is 17.0 Å². The van der Waals surface area contributed by atoms with E-state index in [1.807, 2.05) is 30.3 Å². The van der Waals surface area contributed by atoms with Gasteiger partial charge in [0, 0.05) is 13.1 Å². The van der Waals surface area contributed by atoms with Crippen LogP contribution >= 0.6 is 0 Å². The summed E-state index contributed by atoms with van der Waals surface area (Å²) >= 11 is 0. The molecule has 1 unspecified atom stereocenters. The number of likely N-dealkylation sites (tertiary alicyclic amines) is 1. The van der Waals surface area contributed by atoms with Crippen molar-refractivity contribution in [2.75, 3.05) is 13.1 Å². The summed E-state index contributed by atoms with van der Waals surface area (Å²) < 4.78 is 5.32. The normalized spacial score (nSPS) is 18.2. The fourth-order valence-corrected chi connectivity index (χ4v) is 3.56. The first kappa shape index (κ1) is 19.6. The van der Waals surface area contributed by atoms with Gasteiger partial charge in [-0.1, -0.05) is 47.5 Å². The SMILES string of the molecule is O=C(ON1C(=O)c2ccccc2C1=O)C1CCCN(C(=O)OCc2ccccc2)C1. The van der Waals surface area contributed by atoms with E-state index in [0.29, 0.717) is 24.4 Å².